The van der Waals surface area contributed by atoms with Gasteiger partial charge in [-0.25, -0.2) is 0 Å². The highest BCUT2D eigenvalue weighted by molar-refractivity contribution is 6.08. The molecule has 0 aliphatic heterocycles. The first-order valence-electron chi connectivity index (χ1n) is 6.88. The van der Waals surface area contributed by atoms with Crippen molar-refractivity contribution >= 4 is 22.5 Å². The number of pyridine rings is 1. The third-order valence-corrected chi connectivity index (χ3v) is 3.37. The first-order valence-corrected chi connectivity index (χ1v) is 6.88. The van der Waals surface area contributed by atoms with Gasteiger partial charge in [0.25, 0.3) is 5.91 Å². The molecule has 0 bridgehead atoms. The molecule has 0 aliphatic carbocycles. The molecule has 3 aromatic rings. The topological polar surface area (TPSA) is 42.0 Å². The smallest absolute Gasteiger partial charge is 0.255 e. The molecule has 3 heteroatoms. The molecule has 0 fully saturated rings. The zero-order valence-electron chi connectivity index (χ0n) is 12.1. The summed E-state index contributed by atoms with van der Waals surface area (Å²) in [6.45, 7) is 3.90. The van der Waals surface area contributed by atoms with Crippen LogP contribution in [0.1, 0.15) is 21.6 Å². The van der Waals surface area contributed by atoms with E-state index in [0.29, 0.717) is 5.56 Å². The maximum atomic E-state index is 12.4. The number of fused-ring (bicyclic) bond motifs is 1. The molecule has 0 spiro atoms. The Hall–Kier alpha value is -2.68. The van der Waals surface area contributed by atoms with Crippen LogP contribution in [0.25, 0.3) is 10.9 Å². The van der Waals surface area contributed by atoms with Gasteiger partial charge in [-0.05, 0) is 38.1 Å². The summed E-state index contributed by atoms with van der Waals surface area (Å²) in [5, 5.41) is 3.94. The van der Waals surface area contributed by atoms with Gasteiger partial charge in [0.15, 0.2) is 0 Å². The van der Waals surface area contributed by atoms with Gasteiger partial charge in [-0.1, -0.05) is 35.9 Å². The zero-order valence-corrected chi connectivity index (χ0v) is 12.1. The van der Waals surface area contributed by atoms with Crippen LogP contribution in [-0.4, -0.2) is 10.9 Å². The van der Waals surface area contributed by atoms with Crippen molar-refractivity contribution in [2.75, 3.05) is 5.32 Å². The van der Waals surface area contributed by atoms with E-state index in [1.807, 2.05) is 68.4 Å². The molecular weight excluding hydrogens is 260 g/mol. The van der Waals surface area contributed by atoms with Gasteiger partial charge in [0, 0.05) is 16.6 Å². The van der Waals surface area contributed by atoms with E-state index in [1.54, 1.807) is 0 Å². The molecule has 3 nitrogen and oxygen atoms in total. The van der Waals surface area contributed by atoms with E-state index in [-0.39, 0.29) is 5.91 Å². The maximum Gasteiger partial charge on any atom is 0.255 e. The Morgan fingerprint density at radius 3 is 2.62 bits per heavy atom. The van der Waals surface area contributed by atoms with Gasteiger partial charge in [0.05, 0.1) is 11.2 Å². The van der Waals surface area contributed by atoms with Crippen LogP contribution in [0.2, 0.25) is 0 Å². The summed E-state index contributed by atoms with van der Waals surface area (Å²) in [6, 6.07) is 17.3. The van der Waals surface area contributed by atoms with E-state index in [0.717, 1.165) is 27.8 Å². The van der Waals surface area contributed by atoms with Crippen LogP contribution in [0.15, 0.2) is 54.6 Å². The second-order valence-electron chi connectivity index (χ2n) is 5.15. The summed E-state index contributed by atoms with van der Waals surface area (Å²) in [5.41, 5.74) is 4.29. The minimum Gasteiger partial charge on any atom is -0.321 e. The number of nitrogens with zero attached hydrogens (tertiary/aromatic N) is 1. The lowest BCUT2D eigenvalue weighted by molar-refractivity contribution is 0.102. The number of amides is 1. The fourth-order valence-electron chi connectivity index (χ4n) is 2.39. The van der Waals surface area contributed by atoms with Gasteiger partial charge < -0.3 is 5.32 Å². The monoisotopic (exact) mass is 276 g/mol. The Morgan fingerprint density at radius 2 is 1.81 bits per heavy atom. The molecule has 1 amide bonds. The molecule has 0 radical (unpaired) electrons. The van der Waals surface area contributed by atoms with Gasteiger partial charge >= 0.3 is 0 Å². The lowest BCUT2D eigenvalue weighted by atomic mass is 10.1. The average molecular weight is 276 g/mol. The zero-order chi connectivity index (χ0) is 14.8. The number of anilines is 1. The highest BCUT2D eigenvalue weighted by Crippen LogP contribution is 2.23. The van der Waals surface area contributed by atoms with E-state index in [1.165, 1.54) is 0 Å². The molecule has 2 aromatic carbocycles. The molecule has 0 saturated carbocycles. The number of para-hydroxylation sites is 1. The van der Waals surface area contributed by atoms with Crippen LogP contribution < -0.4 is 5.32 Å². The fraction of sp³-hybridized carbons (Fsp3) is 0.111. The van der Waals surface area contributed by atoms with E-state index >= 15 is 0 Å². The number of aromatic nitrogens is 1. The lowest BCUT2D eigenvalue weighted by Crippen LogP contribution is -2.12. The Labute approximate surface area is 123 Å². The normalized spacial score (nSPS) is 10.6. The second kappa shape index (κ2) is 5.37. The molecule has 0 saturated heterocycles. The number of carbonyl (C=O) groups excluding carboxylic acids is 1. The van der Waals surface area contributed by atoms with Crippen molar-refractivity contribution in [3.8, 4) is 0 Å². The van der Waals surface area contributed by atoms with Crippen molar-refractivity contribution in [3.63, 3.8) is 0 Å². The number of carbonyl (C=O) groups is 1. The highest BCUT2D eigenvalue weighted by atomic mass is 16.1. The third-order valence-electron chi connectivity index (χ3n) is 3.37. The Kier molecular flexibility index (Phi) is 3.40. The van der Waals surface area contributed by atoms with E-state index in [4.69, 9.17) is 0 Å². The number of rotatable bonds is 2. The van der Waals surface area contributed by atoms with E-state index < -0.39 is 0 Å². The first kappa shape index (κ1) is 13.3. The van der Waals surface area contributed by atoms with Crippen LogP contribution in [-0.2, 0) is 0 Å². The SMILES string of the molecule is Cc1cccc(C(=O)Nc2cc(C)nc3ccccc23)c1. The van der Waals surface area contributed by atoms with Crippen LogP contribution in [0.3, 0.4) is 0 Å². The molecule has 0 atom stereocenters. The number of nitrogens with one attached hydrogen (secondary N) is 1. The van der Waals surface area contributed by atoms with Crippen molar-refractivity contribution in [2.24, 2.45) is 0 Å². The van der Waals surface area contributed by atoms with Crippen LogP contribution in [0, 0.1) is 13.8 Å². The van der Waals surface area contributed by atoms with E-state index in [2.05, 4.69) is 10.3 Å². The van der Waals surface area contributed by atoms with Crippen LogP contribution in [0.4, 0.5) is 5.69 Å². The molecule has 0 aliphatic rings. The number of hydrogen-bond acceptors (Lipinski definition) is 2. The van der Waals surface area contributed by atoms with Crippen molar-refractivity contribution in [3.05, 3.63) is 71.4 Å². The van der Waals surface area contributed by atoms with Crippen molar-refractivity contribution in [1.29, 1.82) is 0 Å². The maximum absolute atomic E-state index is 12.4. The summed E-state index contributed by atoms with van der Waals surface area (Å²) >= 11 is 0. The van der Waals surface area contributed by atoms with Crippen molar-refractivity contribution < 1.29 is 4.79 Å². The van der Waals surface area contributed by atoms with Gasteiger partial charge in [-0.15, -0.1) is 0 Å². The van der Waals surface area contributed by atoms with Crippen molar-refractivity contribution in [1.82, 2.24) is 4.98 Å². The standard InChI is InChI=1S/C18H16N2O/c1-12-6-5-7-14(10-12)18(21)20-17-11-13(2)19-16-9-4-3-8-15(16)17/h3-11H,1-2H3,(H,19,20,21). The minimum atomic E-state index is -0.102. The lowest BCUT2D eigenvalue weighted by Gasteiger charge is -2.10. The highest BCUT2D eigenvalue weighted by Gasteiger charge is 2.09. The molecule has 3 rings (SSSR count). The summed E-state index contributed by atoms with van der Waals surface area (Å²) in [5.74, 6) is -0.102. The molecular formula is C18H16N2O. The Morgan fingerprint density at radius 1 is 1.00 bits per heavy atom. The van der Waals surface area contributed by atoms with Gasteiger partial charge in [0.2, 0.25) is 0 Å². The number of benzene rings is 2. The fourth-order valence-corrected chi connectivity index (χ4v) is 2.39. The summed E-state index contributed by atoms with van der Waals surface area (Å²) in [6.07, 6.45) is 0. The third kappa shape index (κ3) is 2.77. The molecule has 1 N–H and O–H groups in total. The Bertz CT molecular complexity index is 824. The molecule has 104 valence electrons. The molecule has 21 heavy (non-hydrogen) atoms. The van der Waals surface area contributed by atoms with E-state index in [9.17, 15) is 4.79 Å². The summed E-state index contributed by atoms with van der Waals surface area (Å²) in [7, 11) is 0. The largest absolute Gasteiger partial charge is 0.321 e. The average Bonchev–Trinajstić information content (AvgIpc) is 2.47. The van der Waals surface area contributed by atoms with Gasteiger partial charge in [-0.2, -0.15) is 0 Å². The number of hydrogen-bond donors (Lipinski definition) is 1. The first-order chi connectivity index (χ1) is 10.1. The van der Waals surface area contributed by atoms with Crippen LogP contribution in [0.5, 0.6) is 0 Å². The molecule has 0 unspecified atom stereocenters. The minimum absolute atomic E-state index is 0.102. The molecule has 1 aromatic heterocycles. The summed E-state index contributed by atoms with van der Waals surface area (Å²) < 4.78 is 0. The van der Waals surface area contributed by atoms with Gasteiger partial charge in [-0.3, -0.25) is 9.78 Å². The predicted molar refractivity (Wildman–Crippen MR) is 85.6 cm³/mol. The van der Waals surface area contributed by atoms with Crippen molar-refractivity contribution in [2.45, 2.75) is 13.8 Å². The Balaban J connectivity index is 2.00. The predicted octanol–water partition coefficient (Wildman–Crippen LogP) is 4.10. The quantitative estimate of drug-likeness (QED) is 0.765. The summed E-state index contributed by atoms with van der Waals surface area (Å²) in [4.78, 5) is 16.9. The second-order valence-corrected chi connectivity index (χ2v) is 5.15. The van der Waals surface area contributed by atoms with Crippen LogP contribution >= 0.6 is 0 Å². The molecule has 1 heterocycles. The number of aryl methyl sites for hydroxylation is 2. The van der Waals surface area contributed by atoms with Gasteiger partial charge in [0.1, 0.15) is 0 Å².